The fraction of sp³-hybridized carbons (Fsp3) is 0.938. The zero-order chi connectivity index (χ0) is 14.8. The lowest BCUT2D eigenvalue weighted by Crippen LogP contribution is -2.52. The van der Waals surface area contributed by atoms with Crippen LogP contribution in [0.1, 0.15) is 39.0 Å². The summed E-state index contributed by atoms with van der Waals surface area (Å²) in [6, 6.07) is 0.624. The van der Waals surface area contributed by atoms with E-state index in [4.69, 9.17) is 10.5 Å². The maximum Gasteiger partial charge on any atom is 0.224 e. The first-order valence-corrected chi connectivity index (χ1v) is 8.54. The molecule has 5 unspecified atom stereocenters. The lowest BCUT2D eigenvalue weighted by atomic mass is 9.78. The predicted molar refractivity (Wildman–Crippen MR) is 81.8 cm³/mol. The summed E-state index contributed by atoms with van der Waals surface area (Å²) < 4.78 is 5.89. The van der Waals surface area contributed by atoms with E-state index < -0.39 is 0 Å². The van der Waals surface area contributed by atoms with E-state index in [0.717, 1.165) is 32.4 Å². The molecule has 3 fully saturated rings. The van der Waals surface area contributed by atoms with Crippen LogP contribution in [0.25, 0.3) is 0 Å². The highest BCUT2D eigenvalue weighted by Crippen LogP contribution is 2.28. The van der Waals surface area contributed by atoms with Crippen molar-refractivity contribution in [2.45, 2.75) is 57.2 Å². The molecule has 0 radical (unpaired) electrons. The largest absolute Gasteiger partial charge is 0.373 e. The van der Waals surface area contributed by atoms with Crippen molar-refractivity contribution in [1.82, 2.24) is 10.2 Å². The minimum atomic E-state index is -0.0168. The molecule has 0 spiro atoms. The van der Waals surface area contributed by atoms with Gasteiger partial charge in [0.15, 0.2) is 0 Å². The third-order valence-corrected chi connectivity index (χ3v) is 5.60. The summed E-state index contributed by atoms with van der Waals surface area (Å²) in [6.07, 6.45) is 5.86. The zero-order valence-corrected chi connectivity index (χ0v) is 13.1. The quantitative estimate of drug-likeness (QED) is 0.805. The van der Waals surface area contributed by atoms with Crippen LogP contribution in [0.4, 0.5) is 0 Å². The van der Waals surface area contributed by atoms with Crippen LogP contribution in [0, 0.1) is 11.8 Å². The van der Waals surface area contributed by atoms with E-state index in [1.165, 1.54) is 19.4 Å². The van der Waals surface area contributed by atoms with Crippen molar-refractivity contribution in [3.8, 4) is 0 Å². The number of amides is 1. The number of ether oxygens (including phenoxy) is 1. The first-order valence-electron chi connectivity index (χ1n) is 8.54. The van der Waals surface area contributed by atoms with Crippen LogP contribution in [0.3, 0.4) is 0 Å². The molecule has 1 aliphatic carbocycles. The number of rotatable bonds is 3. The van der Waals surface area contributed by atoms with Gasteiger partial charge in [-0.25, -0.2) is 0 Å². The zero-order valence-electron chi connectivity index (χ0n) is 13.1. The molecule has 2 aliphatic heterocycles. The van der Waals surface area contributed by atoms with Crippen LogP contribution in [0.15, 0.2) is 0 Å². The van der Waals surface area contributed by atoms with Gasteiger partial charge in [-0.1, -0.05) is 13.3 Å². The summed E-state index contributed by atoms with van der Waals surface area (Å²) in [4.78, 5) is 14.9. The van der Waals surface area contributed by atoms with Crippen molar-refractivity contribution in [2.24, 2.45) is 17.6 Å². The number of morpholine rings is 1. The molecule has 21 heavy (non-hydrogen) atoms. The molecule has 5 heteroatoms. The third kappa shape index (κ3) is 3.41. The number of fused-ring (bicyclic) bond motifs is 1. The lowest BCUT2D eigenvalue weighted by Gasteiger charge is -2.36. The Kier molecular flexibility index (Phi) is 4.82. The van der Waals surface area contributed by atoms with Crippen LogP contribution in [-0.4, -0.2) is 55.2 Å². The van der Waals surface area contributed by atoms with Gasteiger partial charge in [0, 0.05) is 25.2 Å². The Hall–Kier alpha value is -0.650. The van der Waals surface area contributed by atoms with Gasteiger partial charge in [0.2, 0.25) is 5.91 Å². The van der Waals surface area contributed by atoms with Crippen molar-refractivity contribution < 1.29 is 9.53 Å². The maximum atomic E-state index is 12.4. The van der Waals surface area contributed by atoms with Crippen molar-refractivity contribution in [1.29, 1.82) is 0 Å². The highest BCUT2D eigenvalue weighted by atomic mass is 16.5. The molecule has 5 nitrogen and oxygen atoms in total. The van der Waals surface area contributed by atoms with E-state index in [2.05, 4.69) is 17.1 Å². The van der Waals surface area contributed by atoms with Crippen LogP contribution in [-0.2, 0) is 9.53 Å². The molecule has 1 saturated carbocycles. The van der Waals surface area contributed by atoms with Crippen LogP contribution >= 0.6 is 0 Å². The average molecular weight is 295 g/mol. The lowest BCUT2D eigenvalue weighted by molar-refractivity contribution is -0.128. The topological polar surface area (TPSA) is 67.6 Å². The van der Waals surface area contributed by atoms with Crippen molar-refractivity contribution >= 4 is 5.91 Å². The normalized spacial score (nSPS) is 40.8. The monoisotopic (exact) mass is 295 g/mol. The van der Waals surface area contributed by atoms with Gasteiger partial charge in [-0.15, -0.1) is 0 Å². The fourth-order valence-electron chi connectivity index (χ4n) is 4.10. The molecular formula is C16H29N3O2. The molecule has 3 N–H and O–H groups in total. The Morgan fingerprint density at radius 2 is 2.19 bits per heavy atom. The Balaban J connectivity index is 1.45. The highest BCUT2D eigenvalue weighted by Gasteiger charge is 2.35. The third-order valence-electron chi connectivity index (χ3n) is 5.60. The van der Waals surface area contributed by atoms with Crippen LogP contribution < -0.4 is 11.1 Å². The number of nitrogens with one attached hydrogen (secondary N) is 1. The Morgan fingerprint density at radius 3 is 3.05 bits per heavy atom. The number of nitrogens with zero attached hydrogens (tertiary/aromatic N) is 1. The minimum Gasteiger partial charge on any atom is -0.373 e. The first-order chi connectivity index (χ1) is 10.1. The van der Waals surface area contributed by atoms with Gasteiger partial charge in [0.05, 0.1) is 18.6 Å². The Labute approximate surface area is 127 Å². The molecule has 5 atom stereocenters. The Morgan fingerprint density at radius 1 is 1.33 bits per heavy atom. The number of hydrogen-bond donors (Lipinski definition) is 2. The molecule has 0 aromatic carbocycles. The molecular weight excluding hydrogens is 266 g/mol. The van der Waals surface area contributed by atoms with Crippen molar-refractivity contribution in [3.63, 3.8) is 0 Å². The van der Waals surface area contributed by atoms with E-state index in [1.54, 1.807) is 0 Å². The molecule has 3 aliphatic rings. The number of hydrogen-bond acceptors (Lipinski definition) is 4. The second-order valence-electron chi connectivity index (χ2n) is 7.08. The highest BCUT2D eigenvalue weighted by molar-refractivity contribution is 5.79. The molecule has 3 rings (SSSR count). The summed E-state index contributed by atoms with van der Waals surface area (Å²) in [7, 11) is 0. The van der Waals surface area contributed by atoms with Gasteiger partial charge in [-0.05, 0) is 38.1 Å². The standard InChI is InChI=1S/C16H29N3O2/c1-11-4-2-6-14(15(11)17)16(20)18-8-13-9-19-7-3-5-12(19)10-21-13/h11-15H,2-10,17H2,1H3,(H,18,20). The van der Waals surface area contributed by atoms with Crippen LogP contribution in [0.5, 0.6) is 0 Å². The van der Waals surface area contributed by atoms with Gasteiger partial charge < -0.3 is 15.8 Å². The first kappa shape index (κ1) is 15.3. The average Bonchev–Trinajstić information content (AvgIpc) is 2.95. The van der Waals surface area contributed by atoms with Crippen LogP contribution in [0.2, 0.25) is 0 Å². The second kappa shape index (κ2) is 6.63. The summed E-state index contributed by atoms with van der Waals surface area (Å²) in [5.74, 6) is 0.559. The fourth-order valence-corrected chi connectivity index (χ4v) is 4.10. The molecule has 2 heterocycles. The predicted octanol–water partition coefficient (Wildman–Crippen LogP) is 0.729. The van der Waals surface area contributed by atoms with Crippen molar-refractivity contribution in [3.05, 3.63) is 0 Å². The van der Waals surface area contributed by atoms with E-state index >= 15 is 0 Å². The minimum absolute atomic E-state index is 0.00832. The maximum absolute atomic E-state index is 12.4. The molecule has 2 saturated heterocycles. The summed E-state index contributed by atoms with van der Waals surface area (Å²) in [5, 5.41) is 3.08. The van der Waals surface area contributed by atoms with E-state index in [9.17, 15) is 4.79 Å². The molecule has 0 bridgehead atoms. The number of carbonyl (C=O) groups is 1. The summed E-state index contributed by atoms with van der Waals surface area (Å²) >= 11 is 0. The van der Waals surface area contributed by atoms with Gasteiger partial charge in [0.25, 0.3) is 0 Å². The van der Waals surface area contributed by atoms with E-state index in [0.29, 0.717) is 18.5 Å². The van der Waals surface area contributed by atoms with E-state index in [-0.39, 0.29) is 24.0 Å². The molecule has 120 valence electrons. The number of carbonyl (C=O) groups excluding carboxylic acids is 1. The smallest absolute Gasteiger partial charge is 0.224 e. The molecule has 1 amide bonds. The van der Waals surface area contributed by atoms with Crippen molar-refractivity contribution in [2.75, 3.05) is 26.2 Å². The van der Waals surface area contributed by atoms with Gasteiger partial charge >= 0.3 is 0 Å². The van der Waals surface area contributed by atoms with Gasteiger partial charge in [-0.3, -0.25) is 9.69 Å². The Bertz CT molecular complexity index is 377. The molecule has 0 aromatic heterocycles. The SMILES string of the molecule is CC1CCCC(C(=O)NCC2CN3CCCC3CO2)C1N. The molecule has 0 aromatic rings. The summed E-state index contributed by atoms with van der Waals surface area (Å²) in [6.45, 7) is 5.74. The summed E-state index contributed by atoms with van der Waals surface area (Å²) in [5.41, 5.74) is 6.20. The number of nitrogens with two attached hydrogens (primary N) is 1. The second-order valence-corrected chi connectivity index (χ2v) is 7.08. The van der Waals surface area contributed by atoms with Gasteiger partial charge in [0.1, 0.15) is 0 Å². The van der Waals surface area contributed by atoms with Gasteiger partial charge in [-0.2, -0.15) is 0 Å². The van der Waals surface area contributed by atoms with E-state index in [1.807, 2.05) is 0 Å².